The van der Waals surface area contributed by atoms with Gasteiger partial charge in [-0.15, -0.1) is 0 Å². The molecule has 2 aromatic heterocycles. The molecule has 0 spiro atoms. The molecule has 2 heterocycles. The number of nitrogens with two attached hydrogens (primary N) is 1. The van der Waals surface area contributed by atoms with Crippen molar-refractivity contribution in [2.24, 2.45) is 5.73 Å². The largest absolute Gasteiger partial charge is 0.369 e. The van der Waals surface area contributed by atoms with Crippen LogP contribution in [0.4, 0.5) is 0 Å². The molecule has 0 fully saturated rings. The Kier molecular flexibility index (Phi) is 2.33. The lowest BCUT2D eigenvalue weighted by Gasteiger charge is -1.89. The van der Waals surface area contributed by atoms with Crippen LogP contribution in [0.1, 0.15) is 12.0 Å². The van der Waals surface area contributed by atoms with Gasteiger partial charge in [-0.2, -0.15) is 5.10 Å². The molecule has 0 unspecified atom stereocenters. The summed E-state index contributed by atoms with van der Waals surface area (Å²) in [6.45, 7) is 0. The van der Waals surface area contributed by atoms with Crippen LogP contribution in [-0.4, -0.2) is 21.1 Å². The van der Waals surface area contributed by atoms with Crippen LogP contribution >= 0.6 is 0 Å². The van der Waals surface area contributed by atoms with Gasteiger partial charge in [-0.05, 0) is 6.07 Å². The molecule has 0 aromatic carbocycles. The van der Waals surface area contributed by atoms with Crippen molar-refractivity contribution < 1.29 is 4.79 Å². The van der Waals surface area contributed by atoms with Gasteiger partial charge in [0.15, 0.2) is 5.65 Å². The molecule has 15 heavy (non-hydrogen) atoms. The normalized spacial score (nSPS) is 9.60. The lowest BCUT2D eigenvalue weighted by atomic mass is 10.2. The van der Waals surface area contributed by atoms with Gasteiger partial charge >= 0.3 is 0 Å². The summed E-state index contributed by atoms with van der Waals surface area (Å²) in [5.74, 6) is 5.04. The molecule has 0 atom stereocenters. The molecule has 5 nitrogen and oxygen atoms in total. The van der Waals surface area contributed by atoms with E-state index in [1.54, 1.807) is 12.4 Å². The minimum atomic E-state index is -0.431. The Morgan fingerprint density at radius 3 is 3.20 bits per heavy atom. The van der Waals surface area contributed by atoms with Crippen LogP contribution in [0.5, 0.6) is 0 Å². The molecule has 2 aromatic rings. The van der Waals surface area contributed by atoms with E-state index in [-0.39, 0.29) is 6.42 Å². The number of fused-ring (bicyclic) bond motifs is 1. The molecular weight excluding hydrogens is 192 g/mol. The van der Waals surface area contributed by atoms with Crippen LogP contribution in [-0.2, 0) is 4.79 Å². The second-order valence-corrected chi connectivity index (χ2v) is 2.98. The zero-order valence-corrected chi connectivity index (χ0v) is 7.82. The molecule has 0 aliphatic rings. The Labute approximate surface area is 85.7 Å². The number of hydrogen-bond donors (Lipinski definition) is 2. The van der Waals surface area contributed by atoms with E-state index in [1.807, 2.05) is 6.07 Å². The highest BCUT2D eigenvalue weighted by Crippen LogP contribution is 2.08. The number of nitrogens with one attached hydrogen (secondary N) is 1. The van der Waals surface area contributed by atoms with Crippen LogP contribution in [0.3, 0.4) is 0 Å². The number of amides is 1. The Bertz CT molecular complexity index is 561. The van der Waals surface area contributed by atoms with Crippen molar-refractivity contribution in [1.82, 2.24) is 15.2 Å². The third-order valence-electron chi connectivity index (χ3n) is 1.79. The number of rotatable bonds is 1. The fourth-order valence-corrected chi connectivity index (χ4v) is 1.14. The number of H-pyrrole nitrogens is 1. The maximum Gasteiger partial charge on any atom is 0.229 e. The van der Waals surface area contributed by atoms with E-state index in [0.717, 1.165) is 16.6 Å². The Morgan fingerprint density at radius 2 is 2.40 bits per heavy atom. The van der Waals surface area contributed by atoms with Crippen molar-refractivity contribution in [3.8, 4) is 11.8 Å². The lowest BCUT2D eigenvalue weighted by Crippen LogP contribution is -2.08. The highest BCUT2D eigenvalue weighted by Gasteiger charge is 1.96. The molecular formula is C10H8N4O. The van der Waals surface area contributed by atoms with E-state index in [2.05, 4.69) is 27.0 Å². The van der Waals surface area contributed by atoms with Gasteiger partial charge in [-0.3, -0.25) is 9.89 Å². The third kappa shape index (κ3) is 2.11. The molecule has 0 saturated carbocycles. The molecule has 1 amide bonds. The first-order valence-corrected chi connectivity index (χ1v) is 4.32. The van der Waals surface area contributed by atoms with Gasteiger partial charge in [0.25, 0.3) is 0 Å². The Hall–Kier alpha value is -2.35. The second-order valence-electron chi connectivity index (χ2n) is 2.98. The first-order valence-electron chi connectivity index (χ1n) is 4.32. The standard InChI is InChI=1S/C10H8N4O/c11-9(15)3-1-2-7-4-8-6-13-14-10(8)12-5-7/h4-6H,3H2,(H2,11,15)(H,12,13,14). The van der Waals surface area contributed by atoms with Gasteiger partial charge in [-0.25, -0.2) is 4.98 Å². The zero-order chi connectivity index (χ0) is 10.7. The first-order chi connectivity index (χ1) is 7.25. The highest BCUT2D eigenvalue weighted by molar-refractivity contribution is 5.77. The summed E-state index contributed by atoms with van der Waals surface area (Å²) in [7, 11) is 0. The van der Waals surface area contributed by atoms with E-state index < -0.39 is 5.91 Å². The number of aromatic amines is 1. The number of carbonyl (C=O) groups excluding carboxylic acids is 1. The Balaban J connectivity index is 2.27. The molecule has 0 aliphatic heterocycles. The van der Waals surface area contributed by atoms with Crippen molar-refractivity contribution >= 4 is 16.9 Å². The van der Waals surface area contributed by atoms with Gasteiger partial charge in [0.1, 0.15) is 0 Å². The zero-order valence-electron chi connectivity index (χ0n) is 7.82. The van der Waals surface area contributed by atoms with Crippen LogP contribution in [0, 0.1) is 11.8 Å². The summed E-state index contributed by atoms with van der Waals surface area (Å²) < 4.78 is 0. The van der Waals surface area contributed by atoms with Crippen molar-refractivity contribution in [3.05, 3.63) is 24.0 Å². The first kappa shape index (κ1) is 9.21. The second kappa shape index (κ2) is 3.80. The van der Waals surface area contributed by atoms with Crippen LogP contribution < -0.4 is 5.73 Å². The number of pyridine rings is 1. The van der Waals surface area contributed by atoms with E-state index in [1.165, 1.54) is 0 Å². The highest BCUT2D eigenvalue weighted by atomic mass is 16.1. The summed E-state index contributed by atoms with van der Waals surface area (Å²) in [5, 5.41) is 7.47. The van der Waals surface area contributed by atoms with E-state index in [4.69, 9.17) is 5.73 Å². The van der Waals surface area contributed by atoms with E-state index >= 15 is 0 Å². The van der Waals surface area contributed by atoms with E-state index in [0.29, 0.717) is 0 Å². The van der Waals surface area contributed by atoms with Gasteiger partial charge < -0.3 is 5.73 Å². The van der Waals surface area contributed by atoms with Crippen LogP contribution in [0.15, 0.2) is 18.5 Å². The summed E-state index contributed by atoms with van der Waals surface area (Å²) in [5.41, 5.74) is 6.42. The summed E-state index contributed by atoms with van der Waals surface area (Å²) >= 11 is 0. The van der Waals surface area contributed by atoms with Gasteiger partial charge in [0.2, 0.25) is 5.91 Å². The third-order valence-corrected chi connectivity index (χ3v) is 1.79. The minimum absolute atomic E-state index is 0.0590. The SMILES string of the molecule is NC(=O)CC#Cc1cnc2[nH]ncc2c1. The maximum atomic E-state index is 10.4. The number of carbonyl (C=O) groups is 1. The quantitative estimate of drug-likeness (QED) is 0.644. The van der Waals surface area contributed by atoms with Crippen LogP contribution in [0.25, 0.3) is 11.0 Å². The summed E-state index contributed by atoms with van der Waals surface area (Å²) in [6, 6.07) is 1.85. The van der Waals surface area contributed by atoms with Gasteiger partial charge in [0, 0.05) is 17.1 Å². The molecule has 5 heteroatoms. The Morgan fingerprint density at radius 1 is 1.53 bits per heavy atom. The van der Waals surface area contributed by atoms with Crippen molar-refractivity contribution in [2.45, 2.75) is 6.42 Å². The fourth-order valence-electron chi connectivity index (χ4n) is 1.14. The number of aromatic nitrogens is 3. The summed E-state index contributed by atoms with van der Waals surface area (Å²) in [6.07, 6.45) is 3.35. The average Bonchev–Trinajstić information content (AvgIpc) is 2.64. The molecule has 3 N–H and O–H groups in total. The molecule has 0 saturated heterocycles. The molecule has 0 aliphatic carbocycles. The maximum absolute atomic E-state index is 10.4. The van der Waals surface area contributed by atoms with Crippen molar-refractivity contribution in [2.75, 3.05) is 0 Å². The minimum Gasteiger partial charge on any atom is -0.369 e. The number of hydrogen-bond acceptors (Lipinski definition) is 3. The smallest absolute Gasteiger partial charge is 0.229 e. The number of primary amides is 1. The van der Waals surface area contributed by atoms with Gasteiger partial charge in [0.05, 0.1) is 12.6 Å². The lowest BCUT2D eigenvalue weighted by molar-refractivity contribution is -0.117. The van der Waals surface area contributed by atoms with Gasteiger partial charge in [-0.1, -0.05) is 11.8 Å². The predicted octanol–water partition coefficient (Wildman–Crippen LogP) is 0.185. The molecule has 74 valence electrons. The van der Waals surface area contributed by atoms with Crippen molar-refractivity contribution in [3.63, 3.8) is 0 Å². The molecule has 0 radical (unpaired) electrons. The van der Waals surface area contributed by atoms with Crippen LogP contribution in [0.2, 0.25) is 0 Å². The van der Waals surface area contributed by atoms with Crippen molar-refractivity contribution in [1.29, 1.82) is 0 Å². The molecule has 2 rings (SSSR count). The monoisotopic (exact) mass is 200 g/mol. The summed E-state index contributed by atoms with van der Waals surface area (Å²) in [4.78, 5) is 14.6. The average molecular weight is 200 g/mol. The number of nitrogens with zero attached hydrogens (tertiary/aromatic N) is 2. The van der Waals surface area contributed by atoms with E-state index in [9.17, 15) is 4.79 Å². The fraction of sp³-hybridized carbons (Fsp3) is 0.100. The topological polar surface area (TPSA) is 84.7 Å². The molecule has 0 bridgehead atoms. The predicted molar refractivity (Wildman–Crippen MR) is 54.6 cm³/mol.